The first kappa shape index (κ1) is 30.5. The fraction of sp³-hybridized carbons (Fsp3) is 0.250. The van der Waals surface area contributed by atoms with Crippen molar-refractivity contribution in [3.05, 3.63) is 76.9 Å². The molecule has 1 aliphatic heterocycles. The zero-order chi connectivity index (χ0) is 30.9. The summed E-state index contributed by atoms with van der Waals surface area (Å²) in [6.45, 7) is 0.165. The third-order valence-corrected chi connectivity index (χ3v) is 6.69. The molecule has 2 atom stereocenters. The summed E-state index contributed by atoms with van der Waals surface area (Å²) in [4.78, 5) is 38.1. The predicted octanol–water partition coefficient (Wildman–Crippen LogP) is 2.72. The molecule has 0 aliphatic carbocycles. The first-order chi connectivity index (χ1) is 20.7. The summed E-state index contributed by atoms with van der Waals surface area (Å²) >= 11 is 0. The number of halogens is 2. The minimum absolute atomic E-state index is 0.0212. The summed E-state index contributed by atoms with van der Waals surface area (Å²) in [5.41, 5.74) is 7.66. The second-order valence-corrected chi connectivity index (χ2v) is 9.46. The van der Waals surface area contributed by atoms with Gasteiger partial charge < -0.3 is 26.0 Å². The molecule has 1 aromatic heterocycles. The number of urea groups is 1. The highest BCUT2D eigenvalue weighted by molar-refractivity contribution is 6.16. The Morgan fingerprint density at radius 2 is 2.00 bits per heavy atom. The SMILES string of the molecule is COc1ccc(F)cc1C(=O)NCc1ccc(C(=N)c2c(N)ncnc2NC[C@@H]2C[C@H](F)CN2C(=O)NC=NC=N)cc1. The monoisotopic (exact) mass is 592 g/mol. The van der Waals surface area contributed by atoms with Crippen LogP contribution in [0, 0.1) is 16.6 Å². The van der Waals surface area contributed by atoms with Gasteiger partial charge in [0, 0.05) is 25.1 Å². The van der Waals surface area contributed by atoms with E-state index in [1.807, 2.05) is 0 Å². The molecule has 3 amide bonds. The number of carbonyl (C=O) groups is 2. The second-order valence-electron chi connectivity index (χ2n) is 9.46. The highest BCUT2D eigenvalue weighted by atomic mass is 19.1. The summed E-state index contributed by atoms with van der Waals surface area (Å²) in [5.74, 6) is -0.526. The van der Waals surface area contributed by atoms with Crippen LogP contribution in [0.2, 0.25) is 0 Å². The standard InChI is InChI=1S/C28H30F2N10O3/c1-43-22-7-6-18(29)9-21(22)27(41)36-10-16-2-4-17(5-3-16)24(32)23-25(33)37-15-38-26(23)35-11-20-8-19(30)12-40(20)28(42)39-14-34-13-31/h2-7,9,13-15,19-20,32H,8,10-12H2,1H3,(H,36,41)(H2,31,34,39,42)(H3,33,35,37,38)/t19-,20-/m0/s1. The summed E-state index contributed by atoms with van der Waals surface area (Å²) in [6.07, 6.45) is 1.93. The molecule has 7 N–H and O–H groups in total. The number of nitrogens with two attached hydrogens (primary N) is 1. The number of alkyl halides is 1. The van der Waals surface area contributed by atoms with Crippen molar-refractivity contribution in [2.24, 2.45) is 4.99 Å². The Labute approximate surface area is 245 Å². The van der Waals surface area contributed by atoms with Gasteiger partial charge in [-0.05, 0) is 23.8 Å². The van der Waals surface area contributed by atoms with Gasteiger partial charge in [0.2, 0.25) is 0 Å². The fourth-order valence-electron chi connectivity index (χ4n) is 4.58. The second kappa shape index (κ2) is 13.9. The minimum atomic E-state index is -1.22. The highest BCUT2D eigenvalue weighted by Gasteiger charge is 2.35. The number of aliphatic imine (C=N–C) groups is 1. The molecule has 0 radical (unpaired) electrons. The largest absolute Gasteiger partial charge is 0.496 e. The van der Waals surface area contributed by atoms with Gasteiger partial charge in [-0.2, -0.15) is 0 Å². The molecule has 4 rings (SSSR count). The van der Waals surface area contributed by atoms with Gasteiger partial charge in [-0.25, -0.2) is 28.5 Å². The van der Waals surface area contributed by atoms with Gasteiger partial charge in [-0.15, -0.1) is 0 Å². The number of ether oxygens (including phenoxy) is 1. The molecule has 13 nitrogen and oxygen atoms in total. The zero-order valence-electron chi connectivity index (χ0n) is 23.1. The van der Waals surface area contributed by atoms with Gasteiger partial charge in [0.05, 0.1) is 42.9 Å². The lowest BCUT2D eigenvalue weighted by molar-refractivity contribution is 0.0947. The van der Waals surface area contributed by atoms with Crippen LogP contribution in [0.4, 0.5) is 25.2 Å². The van der Waals surface area contributed by atoms with E-state index in [1.54, 1.807) is 24.3 Å². The zero-order valence-corrected chi connectivity index (χ0v) is 23.1. The van der Waals surface area contributed by atoms with Crippen LogP contribution in [0.15, 0.2) is 53.8 Å². The lowest BCUT2D eigenvalue weighted by Crippen LogP contribution is -2.45. The van der Waals surface area contributed by atoms with Crippen molar-refractivity contribution in [2.45, 2.75) is 25.2 Å². The van der Waals surface area contributed by atoms with Crippen LogP contribution >= 0.6 is 0 Å². The summed E-state index contributed by atoms with van der Waals surface area (Å²) in [6, 6.07) is 9.39. The molecular formula is C28H30F2N10O3. The number of benzene rings is 2. The average molecular weight is 593 g/mol. The molecule has 15 heteroatoms. The summed E-state index contributed by atoms with van der Waals surface area (Å²) in [7, 11) is 1.39. The normalized spacial score (nSPS) is 16.1. The van der Waals surface area contributed by atoms with Crippen LogP contribution < -0.4 is 26.4 Å². The molecule has 2 heterocycles. The maximum Gasteiger partial charge on any atom is 0.322 e. The molecule has 1 fully saturated rings. The van der Waals surface area contributed by atoms with E-state index in [-0.39, 0.29) is 60.3 Å². The number of rotatable bonds is 11. The number of hydrogen-bond acceptors (Lipinski definition) is 9. The molecule has 1 aliphatic rings. The van der Waals surface area contributed by atoms with E-state index in [1.165, 1.54) is 30.5 Å². The maximum atomic E-state index is 14.2. The fourth-order valence-corrected chi connectivity index (χ4v) is 4.58. The van der Waals surface area contributed by atoms with E-state index < -0.39 is 30.0 Å². The Hall–Kier alpha value is -5.47. The van der Waals surface area contributed by atoms with Crippen molar-refractivity contribution in [1.29, 1.82) is 10.8 Å². The molecule has 0 spiro atoms. The number of aromatic nitrogens is 2. The molecule has 0 unspecified atom stereocenters. The van der Waals surface area contributed by atoms with E-state index in [0.29, 0.717) is 5.56 Å². The molecular weight excluding hydrogens is 562 g/mol. The summed E-state index contributed by atoms with van der Waals surface area (Å²) in [5, 5.41) is 23.9. The third kappa shape index (κ3) is 7.44. The minimum Gasteiger partial charge on any atom is -0.496 e. The molecule has 3 aromatic rings. The highest BCUT2D eigenvalue weighted by Crippen LogP contribution is 2.25. The predicted molar refractivity (Wildman–Crippen MR) is 157 cm³/mol. The number of nitrogens with zero attached hydrogens (tertiary/aromatic N) is 4. The smallest absolute Gasteiger partial charge is 0.322 e. The van der Waals surface area contributed by atoms with Crippen molar-refractivity contribution in [3.63, 3.8) is 0 Å². The average Bonchev–Trinajstić information content (AvgIpc) is 3.39. The first-order valence-corrected chi connectivity index (χ1v) is 13.1. The number of hydrogen-bond donors (Lipinski definition) is 6. The van der Waals surface area contributed by atoms with Gasteiger partial charge in [-0.1, -0.05) is 24.3 Å². The van der Waals surface area contributed by atoms with Crippen molar-refractivity contribution in [1.82, 2.24) is 25.5 Å². The van der Waals surface area contributed by atoms with Gasteiger partial charge in [0.25, 0.3) is 5.91 Å². The number of nitrogen functional groups attached to an aromatic ring is 1. The number of methoxy groups -OCH3 is 1. The Balaban J connectivity index is 1.43. The molecule has 224 valence electrons. The number of amides is 3. The molecule has 0 saturated carbocycles. The van der Waals surface area contributed by atoms with E-state index in [4.69, 9.17) is 21.3 Å². The van der Waals surface area contributed by atoms with Crippen molar-refractivity contribution in [3.8, 4) is 5.75 Å². The van der Waals surface area contributed by atoms with E-state index in [0.717, 1.165) is 24.3 Å². The van der Waals surface area contributed by atoms with Gasteiger partial charge in [0.1, 0.15) is 42.0 Å². The van der Waals surface area contributed by atoms with Crippen molar-refractivity contribution >= 4 is 42.0 Å². The Bertz CT molecular complexity index is 1530. The van der Waals surface area contributed by atoms with Crippen LogP contribution in [-0.4, -0.2) is 77.6 Å². The van der Waals surface area contributed by atoms with Gasteiger partial charge in [-0.3, -0.25) is 20.9 Å². The molecule has 43 heavy (non-hydrogen) atoms. The lowest BCUT2D eigenvalue weighted by Gasteiger charge is -2.24. The maximum absolute atomic E-state index is 14.2. The first-order valence-electron chi connectivity index (χ1n) is 13.1. The van der Waals surface area contributed by atoms with Crippen molar-refractivity contribution < 1.29 is 23.1 Å². The summed E-state index contributed by atoms with van der Waals surface area (Å²) < 4.78 is 33.0. The molecule has 1 saturated heterocycles. The van der Waals surface area contributed by atoms with Crippen LogP contribution in [0.1, 0.15) is 33.5 Å². The Morgan fingerprint density at radius 1 is 1.23 bits per heavy atom. The van der Waals surface area contributed by atoms with E-state index in [9.17, 15) is 18.4 Å². The molecule has 2 aromatic carbocycles. The lowest BCUT2D eigenvalue weighted by atomic mass is 10.0. The Morgan fingerprint density at radius 3 is 2.72 bits per heavy atom. The Kier molecular flexibility index (Phi) is 9.88. The van der Waals surface area contributed by atoms with Crippen LogP contribution in [0.3, 0.4) is 0 Å². The van der Waals surface area contributed by atoms with Gasteiger partial charge in [0.15, 0.2) is 0 Å². The van der Waals surface area contributed by atoms with Crippen LogP contribution in [0.25, 0.3) is 0 Å². The van der Waals surface area contributed by atoms with E-state index in [2.05, 4.69) is 30.9 Å². The van der Waals surface area contributed by atoms with E-state index >= 15 is 0 Å². The number of nitrogens with one attached hydrogen (secondary N) is 5. The topological polar surface area (TPSA) is 195 Å². The third-order valence-electron chi connectivity index (χ3n) is 6.69. The molecule has 0 bridgehead atoms. The van der Waals surface area contributed by atoms with Crippen molar-refractivity contribution in [2.75, 3.05) is 31.2 Å². The van der Waals surface area contributed by atoms with Crippen LogP contribution in [-0.2, 0) is 6.54 Å². The number of anilines is 2. The quantitative estimate of drug-likeness (QED) is 0.145. The van der Waals surface area contributed by atoms with Gasteiger partial charge >= 0.3 is 6.03 Å². The number of likely N-dealkylation sites (tertiary alicyclic amines) is 1. The van der Waals surface area contributed by atoms with Crippen LogP contribution in [0.5, 0.6) is 5.75 Å². The number of carbonyl (C=O) groups excluding carboxylic acids is 2.